The SMILES string of the molecule is CC(C)(C)c1ccc(-c2cc(C(=O)Nc3ccc4c(c3)OCO4)c3cc(Br)ccc3n2)cc1. The van der Waals surface area contributed by atoms with Crippen LogP contribution in [-0.4, -0.2) is 17.7 Å². The Bertz CT molecular complexity index is 1380. The lowest BCUT2D eigenvalue weighted by Gasteiger charge is -2.19. The van der Waals surface area contributed by atoms with E-state index >= 15 is 0 Å². The first kappa shape index (κ1) is 21.5. The molecule has 0 atom stereocenters. The zero-order valence-electron chi connectivity index (χ0n) is 18.6. The highest BCUT2D eigenvalue weighted by Gasteiger charge is 2.18. The zero-order valence-corrected chi connectivity index (χ0v) is 20.2. The monoisotopic (exact) mass is 502 g/mol. The average Bonchev–Trinajstić information content (AvgIpc) is 3.26. The van der Waals surface area contributed by atoms with Gasteiger partial charge in [-0.2, -0.15) is 0 Å². The normalized spacial score (nSPS) is 12.7. The summed E-state index contributed by atoms with van der Waals surface area (Å²) in [5.74, 6) is 1.08. The summed E-state index contributed by atoms with van der Waals surface area (Å²) in [6.07, 6.45) is 0. The molecule has 0 saturated carbocycles. The van der Waals surface area contributed by atoms with Crippen molar-refractivity contribution in [1.29, 1.82) is 0 Å². The molecule has 0 aliphatic carbocycles. The lowest BCUT2D eigenvalue weighted by Crippen LogP contribution is -2.13. The standard InChI is InChI=1S/C27H23BrN2O3/c1-27(2,3)17-6-4-16(5-7-17)23-14-21(20-12-18(28)8-10-22(20)30-23)26(31)29-19-9-11-24-25(13-19)33-15-32-24/h4-14H,15H2,1-3H3,(H,29,31). The molecule has 0 unspecified atom stereocenters. The number of nitrogens with one attached hydrogen (secondary N) is 1. The Balaban J connectivity index is 1.55. The Morgan fingerprint density at radius 1 is 0.939 bits per heavy atom. The lowest BCUT2D eigenvalue weighted by molar-refractivity contribution is 0.102. The van der Waals surface area contributed by atoms with E-state index in [1.54, 1.807) is 18.2 Å². The number of benzene rings is 3. The largest absolute Gasteiger partial charge is 0.454 e. The molecule has 2 heterocycles. The molecule has 6 heteroatoms. The topological polar surface area (TPSA) is 60.5 Å². The molecule has 5 rings (SSSR count). The van der Waals surface area contributed by atoms with Crippen LogP contribution in [0.3, 0.4) is 0 Å². The smallest absolute Gasteiger partial charge is 0.256 e. The second-order valence-electron chi connectivity index (χ2n) is 9.07. The van der Waals surface area contributed by atoms with Crippen molar-refractivity contribution in [1.82, 2.24) is 4.98 Å². The molecule has 33 heavy (non-hydrogen) atoms. The van der Waals surface area contributed by atoms with Crippen LogP contribution in [-0.2, 0) is 5.41 Å². The van der Waals surface area contributed by atoms with Gasteiger partial charge in [-0.1, -0.05) is 61.0 Å². The van der Waals surface area contributed by atoms with Gasteiger partial charge >= 0.3 is 0 Å². The van der Waals surface area contributed by atoms with Crippen molar-refractivity contribution in [2.45, 2.75) is 26.2 Å². The first-order valence-corrected chi connectivity index (χ1v) is 11.5. The Morgan fingerprint density at radius 3 is 2.45 bits per heavy atom. The van der Waals surface area contributed by atoms with Gasteiger partial charge in [0.2, 0.25) is 6.79 Å². The van der Waals surface area contributed by atoms with E-state index in [2.05, 4.69) is 66.3 Å². The fraction of sp³-hybridized carbons (Fsp3) is 0.185. The third-order valence-corrected chi connectivity index (χ3v) is 6.19. The third kappa shape index (κ3) is 4.31. The second-order valence-corrected chi connectivity index (χ2v) is 9.98. The first-order valence-electron chi connectivity index (χ1n) is 10.7. The number of fused-ring (bicyclic) bond motifs is 2. The number of aromatic nitrogens is 1. The molecule has 5 nitrogen and oxygen atoms in total. The van der Waals surface area contributed by atoms with Crippen molar-refractivity contribution < 1.29 is 14.3 Å². The summed E-state index contributed by atoms with van der Waals surface area (Å²) in [7, 11) is 0. The van der Waals surface area contributed by atoms with E-state index in [-0.39, 0.29) is 18.1 Å². The molecule has 166 valence electrons. The summed E-state index contributed by atoms with van der Waals surface area (Å²) in [5, 5.41) is 3.77. The van der Waals surface area contributed by atoms with Crippen LogP contribution in [0.2, 0.25) is 0 Å². The fourth-order valence-electron chi connectivity index (χ4n) is 3.85. The molecule has 3 aromatic carbocycles. The van der Waals surface area contributed by atoms with Crippen molar-refractivity contribution in [2.75, 3.05) is 12.1 Å². The van der Waals surface area contributed by atoms with Crippen LogP contribution >= 0.6 is 15.9 Å². The van der Waals surface area contributed by atoms with E-state index in [9.17, 15) is 4.79 Å². The molecule has 0 saturated heterocycles. The summed E-state index contributed by atoms with van der Waals surface area (Å²) in [6.45, 7) is 6.75. The molecule has 4 aromatic rings. The van der Waals surface area contributed by atoms with Crippen LogP contribution in [0.15, 0.2) is 71.2 Å². The van der Waals surface area contributed by atoms with Crippen molar-refractivity contribution in [3.63, 3.8) is 0 Å². The van der Waals surface area contributed by atoms with Crippen molar-refractivity contribution in [3.05, 3.63) is 82.3 Å². The van der Waals surface area contributed by atoms with Crippen LogP contribution in [0.25, 0.3) is 22.2 Å². The maximum atomic E-state index is 13.4. The van der Waals surface area contributed by atoms with E-state index in [4.69, 9.17) is 14.5 Å². The molecular formula is C27H23BrN2O3. The minimum atomic E-state index is -0.216. The lowest BCUT2D eigenvalue weighted by atomic mass is 9.86. The van der Waals surface area contributed by atoms with Crippen LogP contribution in [0.5, 0.6) is 11.5 Å². The summed E-state index contributed by atoms with van der Waals surface area (Å²) in [6, 6.07) is 21.4. The molecule has 1 N–H and O–H groups in total. The summed E-state index contributed by atoms with van der Waals surface area (Å²) in [4.78, 5) is 18.2. The second kappa shape index (κ2) is 8.19. The molecule has 0 fully saturated rings. The van der Waals surface area contributed by atoms with Crippen LogP contribution in [0.1, 0.15) is 36.7 Å². The van der Waals surface area contributed by atoms with E-state index in [1.807, 2.05) is 24.3 Å². The Labute approximate surface area is 200 Å². The zero-order chi connectivity index (χ0) is 23.2. The number of rotatable bonds is 3. The summed E-state index contributed by atoms with van der Waals surface area (Å²) >= 11 is 3.52. The highest BCUT2D eigenvalue weighted by Crippen LogP contribution is 2.35. The highest BCUT2D eigenvalue weighted by atomic mass is 79.9. The van der Waals surface area contributed by atoms with Gasteiger partial charge in [0, 0.05) is 27.2 Å². The molecule has 1 aliphatic rings. The highest BCUT2D eigenvalue weighted by molar-refractivity contribution is 9.10. The number of halogens is 1. The van der Waals surface area contributed by atoms with Gasteiger partial charge in [-0.15, -0.1) is 0 Å². The van der Waals surface area contributed by atoms with Gasteiger partial charge < -0.3 is 14.8 Å². The number of pyridine rings is 1. The molecule has 1 aliphatic heterocycles. The number of amides is 1. The van der Waals surface area contributed by atoms with Crippen molar-refractivity contribution in [3.8, 4) is 22.8 Å². The van der Waals surface area contributed by atoms with Gasteiger partial charge in [0.25, 0.3) is 5.91 Å². The van der Waals surface area contributed by atoms with Gasteiger partial charge in [-0.25, -0.2) is 4.98 Å². The molecule has 0 radical (unpaired) electrons. The Hall–Kier alpha value is -3.38. The average molecular weight is 503 g/mol. The molecule has 1 aromatic heterocycles. The molecule has 1 amide bonds. The van der Waals surface area contributed by atoms with Gasteiger partial charge in [-0.3, -0.25) is 4.79 Å². The minimum absolute atomic E-state index is 0.0667. The van der Waals surface area contributed by atoms with Gasteiger partial charge in [0.1, 0.15) is 0 Å². The maximum absolute atomic E-state index is 13.4. The first-order chi connectivity index (χ1) is 15.8. The third-order valence-electron chi connectivity index (χ3n) is 5.69. The number of ether oxygens (including phenoxy) is 2. The van der Waals surface area contributed by atoms with Gasteiger partial charge in [0.05, 0.1) is 16.8 Å². The fourth-order valence-corrected chi connectivity index (χ4v) is 4.21. The Kier molecular flexibility index (Phi) is 5.33. The maximum Gasteiger partial charge on any atom is 0.256 e. The number of carbonyl (C=O) groups excluding carboxylic acids is 1. The van der Waals surface area contributed by atoms with Crippen LogP contribution in [0.4, 0.5) is 5.69 Å². The summed E-state index contributed by atoms with van der Waals surface area (Å²) in [5.41, 5.74) is 4.97. The number of hydrogen-bond acceptors (Lipinski definition) is 4. The number of carbonyl (C=O) groups is 1. The summed E-state index contributed by atoms with van der Waals surface area (Å²) < 4.78 is 11.7. The van der Waals surface area contributed by atoms with Crippen molar-refractivity contribution >= 4 is 38.4 Å². The van der Waals surface area contributed by atoms with Crippen LogP contribution in [0, 0.1) is 0 Å². The molecular weight excluding hydrogens is 480 g/mol. The quantitative estimate of drug-likeness (QED) is 0.329. The number of nitrogens with zero attached hydrogens (tertiary/aromatic N) is 1. The van der Waals surface area contributed by atoms with Crippen LogP contribution < -0.4 is 14.8 Å². The predicted octanol–water partition coefficient (Wildman–Crippen LogP) is 6.94. The minimum Gasteiger partial charge on any atom is -0.454 e. The van der Waals surface area contributed by atoms with E-state index in [0.29, 0.717) is 22.7 Å². The van der Waals surface area contributed by atoms with E-state index in [0.717, 1.165) is 26.6 Å². The predicted molar refractivity (Wildman–Crippen MR) is 134 cm³/mol. The van der Waals surface area contributed by atoms with E-state index in [1.165, 1.54) is 5.56 Å². The van der Waals surface area contributed by atoms with Crippen molar-refractivity contribution in [2.24, 2.45) is 0 Å². The molecule has 0 bridgehead atoms. The van der Waals surface area contributed by atoms with Gasteiger partial charge in [-0.05, 0) is 47.4 Å². The molecule has 0 spiro atoms. The van der Waals surface area contributed by atoms with Gasteiger partial charge in [0.15, 0.2) is 11.5 Å². The van der Waals surface area contributed by atoms with E-state index < -0.39 is 0 Å². The number of hydrogen-bond donors (Lipinski definition) is 1. The Morgan fingerprint density at radius 2 is 1.70 bits per heavy atom. The number of anilines is 1.